The molecule has 0 spiro atoms. The number of hydrogen-bond donors (Lipinski definition) is 1. The van der Waals surface area contributed by atoms with E-state index in [0.717, 1.165) is 48.5 Å². The molecule has 4 fully saturated rings. The minimum Gasteiger partial charge on any atom is -0.393 e. The van der Waals surface area contributed by atoms with Crippen molar-refractivity contribution < 1.29 is 5.11 Å². The van der Waals surface area contributed by atoms with Gasteiger partial charge in [0.2, 0.25) is 0 Å². The van der Waals surface area contributed by atoms with Gasteiger partial charge >= 0.3 is 0 Å². The van der Waals surface area contributed by atoms with Gasteiger partial charge in [-0.3, -0.25) is 0 Å². The van der Waals surface area contributed by atoms with E-state index in [4.69, 9.17) is 0 Å². The van der Waals surface area contributed by atoms with E-state index < -0.39 is 0 Å². The molecule has 0 aliphatic heterocycles. The molecule has 28 heavy (non-hydrogen) atoms. The van der Waals surface area contributed by atoms with Gasteiger partial charge in [-0.15, -0.1) is 0 Å². The van der Waals surface area contributed by atoms with Crippen LogP contribution in [0.3, 0.4) is 0 Å². The highest BCUT2D eigenvalue weighted by Crippen LogP contribution is 2.66. The number of hydrogen-bond acceptors (Lipinski definition) is 2. The average Bonchev–Trinajstić information content (AvgIpc) is 2.99. The topological polar surface area (TPSA) is 23.5 Å². The highest BCUT2D eigenvalue weighted by Gasteiger charge is 2.60. The van der Waals surface area contributed by atoms with Crippen LogP contribution in [0.5, 0.6) is 0 Å². The minimum absolute atomic E-state index is 0.0150. The number of aliphatic hydroxyl groups is 1. The van der Waals surface area contributed by atoms with Gasteiger partial charge in [-0.05, 0) is 125 Å². The average molecular weight is 390 g/mol. The fourth-order valence-electron chi connectivity index (χ4n) is 8.84. The normalized spacial score (nSPS) is 48.4. The zero-order chi connectivity index (χ0) is 20.1. The lowest BCUT2D eigenvalue weighted by Gasteiger charge is -2.61. The van der Waals surface area contributed by atoms with Crippen LogP contribution in [0.2, 0.25) is 0 Å². The van der Waals surface area contributed by atoms with Crippen molar-refractivity contribution in [3.63, 3.8) is 0 Å². The standard InChI is InChI=1S/C26H47NO/c1-18(2)7-6-16-27(5)24-11-10-22-21-9-8-19-17-20(28)12-14-25(19,3)23(21)13-15-26(22,24)4/h18-24,28H,6-17H2,1-5H3/t19?,20-,21-,22-,23-,24-,25-,26-/m0/s1. The summed E-state index contributed by atoms with van der Waals surface area (Å²) < 4.78 is 0. The van der Waals surface area contributed by atoms with Gasteiger partial charge in [0, 0.05) is 6.04 Å². The summed E-state index contributed by atoms with van der Waals surface area (Å²) in [6.07, 6.45) is 14.8. The van der Waals surface area contributed by atoms with Gasteiger partial charge in [-0.1, -0.05) is 27.7 Å². The molecule has 1 N–H and O–H groups in total. The number of nitrogens with zero attached hydrogens (tertiary/aromatic N) is 1. The second-order valence-corrected chi connectivity index (χ2v) is 12.2. The SMILES string of the molecule is CC(C)CCCN(C)[C@H]1CC[C@H]2[C@@H]3CCC4C[C@@H](O)CC[C@]4(C)[C@H]3CC[C@]12C. The molecule has 4 aliphatic carbocycles. The fourth-order valence-corrected chi connectivity index (χ4v) is 8.84. The summed E-state index contributed by atoms with van der Waals surface area (Å²) >= 11 is 0. The van der Waals surface area contributed by atoms with Crippen LogP contribution in [-0.4, -0.2) is 35.7 Å². The molecule has 4 aliphatic rings. The molecule has 0 amide bonds. The van der Waals surface area contributed by atoms with Gasteiger partial charge < -0.3 is 10.0 Å². The summed E-state index contributed by atoms with van der Waals surface area (Å²) in [6.45, 7) is 11.3. The highest BCUT2D eigenvalue weighted by molar-refractivity contribution is 5.11. The van der Waals surface area contributed by atoms with Crippen molar-refractivity contribution in [2.75, 3.05) is 13.6 Å². The largest absolute Gasteiger partial charge is 0.393 e. The van der Waals surface area contributed by atoms with Crippen LogP contribution in [0, 0.1) is 40.4 Å². The number of aliphatic hydroxyl groups excluding tert-OH is 1. The lowest BCUT2D eigenvalue weighted by atomic mass is 9.45. The molecule has 2 nitrogen and oxygen atoms in total. The van der Waals surface area contributed by atoms with E-state index in [1.165, 1.54) is 64.3 Å². The van der Waals surface area contributed by atoms with E-state index in [0.29, 0.717) is 10.8 Å². The van der Waals surface area contributed by atoms with Gasteiger partial charge in [0.25, 0.3) is 0 Å². The summed E-state index contributed by atoms with van der Waals surface area (Å²) in [6, 6.07) is 0.810. The molecule has 0 aromatic rings. The molecule has 0 heterocycles. The minimum atomic E-state index is -0.0150. The van der Waals surface area contributed by atoms with Crippen LogP contribution >= 0.6 is 0 Å². The Kier molecular flexibility index (Phi) is 5.95. The Labute approximate surface area is 174 Å². The Morgan fingerprint density at radius 3 is 2.39 bits per heavy atom. The smallest absolute Gasteiger partial charge is 0.0543 e. The van der Waals surface area contributed by atoms with E-state index in [1.54, 1.807) is 0 Å². The van der Waals surface area contributed by atoms with Crippen molar-refractivity contribution in [3.8, 4) is 0 Å². The van der Waals surface area contributed by atoms with Crippen LogP contribution in [0.15, 0.2) is 0 Å². The van der Waals surface area contributed by atoms with Crippen molar-refractivity contribution in [1.29, 1.82) is 0 Å². The van der Waals surface area contributed by atoms with Gasteiger partial charge in [0.05, 0.1) is 6.10 Å². The van der Waals surface area contributed by atoms with E-state index in [1.807, 2.05) is 0 Å². The molecule has 162 valence electrons. The van der Waals surface area contributed by atoms with Gasteiger partial charge in [-0.25, -0.2) is 0 Å². The Morgan fingerprint density at radius 2 is 1.64 bits per heavy atom. The summed E-state index contributed by atoms with van der Waals surface area (Å²) in [5.41, 5.74) is 1.07. The summed E-state index contributed by atoms with van der Waals surface area (Å²) in [4.78, 5) is 2.76. The first kappa shape index (κ1) is 21.2. The van der Waals surface area contributed by atoms with E-state index >= 15 is 0 Å². The summed E-state index contributed by atoms with van der Waals surface area (Å²) in [5, 5.41) is 10.2. The summed E-state index contributed by atoms with van der Waals surface area (Å²) in [5.74, 6) is 4.47. The molecule has 0 aromatic heterocycles. The van der Waals surface area contributed by atoms with Crippen molar-refractivity contribution in [1.82, 2.24) is 4.90 Å². The van der Waals surface area contributed by atoms with Crippen LogP contribution in [0.1, 0.15) is 98.3 Å². The molecule has 0 aromatic carbocycles. The lowest BCUT2D eigenvalue weighted by Crippen LogP contribution is -2.55. The molecule has 2 heteroatoms. The Balaban J connectivity index is 1.46. The molecule has 0 saturated heterocycles. The highest BCUT2D eigenvalue weighted by atomic mass is 16.3. The number of rotatable bonds is 5. The maximum atomic E-state index is 10.2. The van der Waals surface area contributed by atoms with Crippen LogP contribution in [0.4, 0.5) is 0 Å². The quantitative estimate of drug-likeness (QED) is 0.611. The van der Waals surface area contributed by atoms with Crippen molar-refractivity contribution in [2.24, 2.45) is 40.4 Å². The van der Waals surface area contributed by atoms with Crippen molar-refractivity contribution in [3.05, 3.63) is 0 Å². The van der Waals surface area contributed by atoms with Gasteiger partial charge in [0.15, 0.2) is 0 Å². The predicted octanol–water partition coefficient (Wildman–Crippen LogP) is 6.13. The Morgan fingerprint density at radius 1 is 0.929 bits per heavy atom. The van der Waals surface area contributed by atoms with Crippen LogP contribution < -0.4 is 0 Å². The zero-order valence-electron chi connectivity index (χ0n) is 19.4. The van der Waals surface area contributed by atoms with Crippen LogP contribution in [0.25, 0.3) is 0 Å². The van der Waals surface area contributed by atoms with E-state index in [2.05, 4.69) is 39.6 Å². The second kappa shape index (κ2) is 7.88. The zero-order valence-corrected chi connectivity index (χ0v) is 19.4. The Hall–Kier alpha value is -0.0800. The van der Waals surface area contributed by atoms with Crippen molar-refractivity contribution in [2.45, 2.75) is 110 Å². The molecule has 0 radical (unpaired) electrons. The monoisotopic (exact) mass is 389 g/mol. The van der Waals surface area contributed by atoms with Gasteiger partial charge in [-0.2, -0.15) is 0 Å². The fraction of sp³-hybridized carbons (Fsp3) is 1.00. The third-order valence-corrected chi connectivity index (χ3v) is 10.4. The van der Waals surface area contributed by atoms with Gasteiger partial charge in [0.1, 0.15) is 0 Å². The molecule has 8 atom stereocenters. The molecular weight excluding hydrogens is 342 g/mol. The summed E-state index contributed by atoms with van der Waals surface area (Å²) in [7, 11) is 2.42. The second-order valence-electron chi connectivity index (χ2n) is 12.2. The Bertz CT molecular complexity index is 547. The third kappa shape index (κ3) is 3.49. The lowest BCUT2D eigenvalue weighted by molar-refractivity contribution is -0.128. The third-order valence-electron chi connectivity index (χ3n) is 10.4. The maximum Gasteiger partial charge on any atom is 0.0543 e. The van der Waals surface area contributed by atoms with E-state index in [-0.39, 0.29) is 6.10 Å². The molecule has 0 bridgehead atoms. The maximum absolute atomic E-state index is 10.2. The molecule has 4 rings (SSSR count). The number of fused-ring (bicyclic) bond motifs is 5. The first-order valence-corrected chi connectivity index (χ1v) is 12.6. The van der Waals surface area contributed by atoms with E-state index in [9.17, 15) is 5.11 Å². The molecular formula is C26H47NO. The molecule has 1 unspecified atom stereocenters. The first-order chi connectivity index (χ1) is 13.3. The van der Waals surface area contributed by atoms with Crippen LogP contribution in [-0.2, 0) is 0 Å². The predicted molar refractivity (Wildman–Crippen MR) is 118 cm³/mol. The first-order valence-electron chi connectivity index (χ1n) is 12.6. The molecule has 4 saturated carbocycles. The van der Waals surface area contributed by atoms with Crippen molar-refractivity contribution >= 4 is 0 Å².